The van der Waals surface area contributed by atoms with Gasteiger partial charge in [-0.1, -0.05) is 49.7 Å². The number of nitrogens with zero attached hydrogens (tertiary/aromatic N) is 2. The number of carbonyl (C=O) groups is 2. The number of methoxy groups -OCH3 is 1. The van der Waals surface area contributed by atoms with E-state index in [4.69, 9.17) is 9.47 Å². The van der Waals surface area contributed by atoms with Crippen LogP contribution in [0, 0.1) is 6.92 Å². The monoisotopic (exact) mass is 534 g/mol. The maximum atomic E-state index is 13.8. The first-order valence-electron chi connectivity index (χ1n) is 13.4. The van der Waals surface area contributed by atoms with Crippen LogP contribution in [0.15, 0.2) is 61.1 Å². The van der Waals surface area contributed by atoms with Gasteiger partial charge in [0.05, 0.1) is 32.2 Å². The van der Waals surface area contributed by atoms with E-state index < -0.39 is 23.7 Å². The molecule has 0 aliphatic carbocycles. The highest BCUT2D eigenvalue weighted by Crippen LogP contribution is 2.38. The fraction of sp³-hybridized carbons (Fsp3) is 0.433. The third-order valence-corrected chi connectivity index (χ3v) is 7.19. The van der Waals surface area contributed by atoms with Crippen LogP contribution in [-0.4, -0.2) is 70.7 Å². The summed E-state index contributed by atoms with van der Waals surface area (Å²) in [4.78, 5) is 35.4. The summed E-state index contributed by atoms with van der Waals surface area (Å²) in [7, 11) is 1.59. The summed E-state index contributed by atoms with van der Waals surface area (Å²) in [6.07, 6.45) is 4.05. The summed E-state index contributed by atoms with van der Waals surface area (Å²) in [5, 5.41) is 13.3. The Morgan fingerprint density at radius 2 is 1.90 bits per heavy atom. The number of hydrogen-bond donors (Lipinski definition) is 3. The molecule has 2 atom stereocenters. The summed E-state index contributed by atoms with van der Waals surface area (Å²) in [6, 6.07) is 14.6. The van der Waals surface area contributed by atoms with Crippen molar-refractivity contribution >= 4 is 11.8 Å². The minimum absolute atomic E-state index is 0.0458. The Morgan fingerprint density at radius 1 is 1.15 bits per heavy atom. The highest BCUT2D eigenvalue weighted by atomic mass is 16.5. The third kappa shape index (κ3) is 6.85. The number of hydrogen-bond acceptors (Lipinski definition) is 6. The van der Waals surface area contributed by atoms with Crippen molar-refractivity contribution < 1.29 is 24.2 Å². The minimum Gasteiger partial charge on any atom is -0.497 e. The van der Waals surface area contributed by atoms with Crippen molar-refractivity contribution in [3.8, 4) is 5.75 Å². The van der Waals surface area contributed by atoms with Crippen LogP contribution < -0.4 is 10.1 Å². The van der Waals surface area contributed by atoms with Crippen molar-refractivity contribution in [1.82, 2.24) is 20.2 Å². The number of aromatic nitrogens is 2. The number of ether oxygens (including phenoxy) is 2. The van der Waals surface area contributed by atoms with Gasteiger partial charge >= 0.3 is 0 Å². The SMILES string of the molecule is CCCCOC1(c2ccccc2C)CN(C(=O)[C@@H](Cc2ccc(OC)cc2)NC(=O)C(O)Cc2c[nH]cn2)C1. The number of rotatable bonds is 13. The summed E-state index contributed by atoms with van der Waals surface area (Å²) < 4.78 is 11.7. The molecule has 1 unspecified atom stereocenters. The molecule has 0 radical (unpaired) electrons. The van der Waals surface area contributed by atoms with Crippen LogP contribution in [0.4, 0.5) is 0 Å². The smallest absolute Gasteiger partial charge is 0.249 e. The average molecular weight is 535 g/mol. The van der Waals surface area contributed by atoms with Gasteiger partial charge in [-0.2, -0.15) is 0 Å². The molecule has 1 fully saturated rings. The number of aromatic amines is 1. The normalized spacial score (nSPS) is 15.7. The molecule has 1 aliphatic heterocycles. The van der Waals surface area contributed by atoms with Crippen LogP contribution in [-0.2, 0) is 32.8 Å². The lowest BCUT2D eigenvalue weighted by atomic mass is 9.82. The van der Waals surface area contributed by atoms with E-state index in [1.54, 1.807) is 18.2 Å². The molecule has 1 saturated heterocycles. The number of aryl methyl sites for hydroxylation is 1. The van der Waals surface area contributed by atoms with E-state index in [2.05, 4.69) is 41.3 Å². The number of imidazole rings is 1. The van der Waals surface area contributed by atoms with Crippen LogP contribution >= 0.6 is 0 Å². The Hall–Kier alpha value is -3.69. The first-order valence-corrected chi connectivity index (χ1v) is 13.4. The van der Waals surface area contributed by atoms with Crippen LogP contribution in [0.3, 0.4) is 0 Å². The Balaban J connectivity index is 1.51. The summed E-state index contributed by atoms with van der Waals surface area (Å²) >= 11 is 0. The van der Waals surface area contributed by atoms with Crippen molar-refractivity contribution in [1.29, 1.82) is 0 Å². The van der Waals surface area contributed by atoms with E-state index in [1.807, 2.05) is 36.4 Å². The third-order valence-electron chi connectivity index (χ3n) is 7.19. The predicted molar refractivity (Wildman–Crippen MR) is 147 cm³/mol. The number of nitrogens with one attached hydrogen (secondary N) is 2. The molecule has 0 saturated carbocycles. The van der Waals surface area contributed by atoms with Crippen molar-refractivity contribution in [2.24, 2.45) is 0 Å². The van der Waals surface area contributed by atoms with Crippen LogP contribution in [0.1, 0.15) is 42.1 Å². The highest BCUT2D eigenvalue weighted by molar-refractivity contribution is 5.90. The Kier molecular flexibility index (Phi) is 9.37. The molecule has 9 nitrogen and oxygen atoms in total. The second-order valence-corrected chi connectivity index (χ2v) is 10.1. The van der Waals surface area contributed by atoms with Gasteiger partial charge < -0.3 is 29.8 Å². The molecule has 1 aliphatic rings. The van der Waals surface area contributed by atoms with Gasteiger partial charge in [0.2, 0.25) is 11.8 Å². The molecule has 2 heterocycles. The lowest BCUT2D eigenvalue weighted by Gasteiger charge is -2.51. The van der Waals surface area contributed by atoms with Crippen molar-refractivity contribution in [3.63, 3.8) is 0 Å². The molecule has 2 amide bonds. The zero-order valence-electron chi connectivity index (χ0n) is 22.9. The van der Waals surface area contributed by atoms with Crippen molar-refractivity contribution in [2.45, 2.75) is 57.3 Å². The zero-order valence-corrected chi connectivity index (χ0v) is 22.9. The molecule has 4 rings (SSSR count). The number of amides is 2. The molecule has 1 aromatic heterocycles. The van der Waals surface area contributed by atoms with Gasteiger partial charge in [0.1, 0.15) is 23.5 Å². The Bertz CT molecular complexity index is 1220. The van der Waals surface area contributed by atoms with E-state index in [9.17, 15) is 14.7 Å². The molecule has 39 heavy (non-hydrogen) atoms. The van der Waals surface area contributed by atoms with E-state index >= 15 is 0 Å². The van der Waals surface area contributed by atoms with Crippen molar-refractivity contribution in [2.75, 3.05) is 26.8 Å². The van der Waals surface area contributed by atoms with Gasteiger partial charge in [-0.15, -0.1) is 0 Å². The summed E-state index contributed by atoms with van der Waals surface area (Å²) in [5.41, 5.74) is 3.04. The molecule has 3 aromatic rings. The second-order valence-electron chi connectivity index (χ2n) is 10.1. The van der Waals surface area contributed by atoms with Gasteiger partial charge in [0.25, 0.3) is 0 Å². The first-order chi connectivity index (χ1) is 18.8. The number of carbonyl (C=O) groups excluding carboxylic acids is 2. The average Bonchev–Trinajstić information content (AvgIpc) is 3.43. The summed E-state index contributed by atoms with van der Waals surface area (Å²) in [6.45, 7) is 5.57. The van der Waals surface area contributed by atoms with E-state index in [-0.39, 0.29) is 18.7 Å². The zero-order chi connectivity index (χ0) is 27.8. The highest BCUT2D eigenvalue weighted by Gasteiger charge is 2.49. The van der Waals surface area contributed by atoms with E-state index in [0.29, 0.717) is 31.1 Å². The number of aliphatic hydroxyl groups excluding tert-OH is 1. The topological polar surface area (TPSA) is 117 Å². The van der Waals surface area contributed by atoms with Gasteiger partial charge in [0.15, 0.2) is 0 Å². The van der Waals surface area contributed by atoms with Crippen LogP contribution in [0.2, 0.25) is 0 Å². The maximum absolute atomic E-state index is 13.8. The van der Waals surface area contributed by atoms with E-state index in [0.717, 1.165) is 29.5 Å². The van der Waals surface area contributed by atoms with Crippen LogP contribution in [0.25, 0.3) is 0 Å². The fourth-order valence-electron chi connectivity index (χ4n) is 4.94. The molecule has 3 N–H and O–H groups in total. The molecule has 208 valence electrons. The lowest BCUT2D eigenvalue weighted by Crippen LogP contribution is -2.66. The van der Waals surface area contributed by atoms with Gasteiger partial charge in [-0.25, -0.2) is 4.98 Å². The van der Waals surface area contributed by atoms with Gasteiger partial charge in [-0.3, -0.25) is 9.59 Å². The number of H-pyrrole nitrogens is 1. The maximum Gasteiger partial charge on any atom is 0.249 e. The standard InChI is InChI=1S/C30H38N4O5/c1-4-5-14-39-30(25-9-7-6-8-21(25)2)18-34(19-30)29(37)26(15-22-10-12-24(38-3)13-11-22)33-28(36)27(35)16-23-17-31-20-32-23/h6-13,17,20,26-27,35H,4-5,14-16,18-19H2,1-3H3,(H,31,32)(H,33,36)/t26-,27?/m1/s1. The van der Waals surface area contributed by atoms with Crippen LogP contribution in [0.5, 0.6) is 5.75 Å². The summed E-state index contributed by atoms with van der Waals surface area (Å²) in [5.74, 6) is -0.126. The Labute approximate surface area is 229 Å². The largest absolute Gasteiger partial charge is 0.497 e. The predicted octanol–water partition coefficient (Wildman–Crippen LogP) is 2.91. The fourth-order valence-corrected chi connectivity index (χ4v) is 4.94. The number of unbranched alkanes of at least 4 members (excludes halogenated alkanes) is 1. The second kappa shape index (κ2) is 12.9. The number of benzene rings is 2. The molecule has 9 heteroatoms. The lowest BCUT2D eigenvalue weighted by molar-refractivity contribution is -0.175. The van der Waals surface area contributed by atoms with Crippen molar-refractivity contribution in [3.05, 3.63) is 83.4 Å². The van der Waals surface area contributed by atoms with E-state index in [1.165, 1.54) is 6.33 Å². The molecular weight excluding hydrogens is 496 g/mol. The van der Waals surface area contributed by atoms with Gasteiger partial charge in [-0.05, 0) is 42.2 Å². The molecule has 0 spiro atoms. The quantitative estimate of drug-likeness (QED) is 0.291. The van der Waals surface area contributed by atoms with Gasteiger partial charge in [0, 0.05) is 25.6 Å². The molecule has 2 aromatic carbocycles. The number of aliphatic hydroxyl groups is 1. The Morgan fingerprint density at radius 3 is 2.54 bits per heavy atom. The molecule has 0 bridgehead atoms. The molecular formula is C30H38N4O5. The minimum atomic E-state index is -1.33. The first kappa shape index (κ1) is 28.3. The number of likely N-dealkylation sites (tertiary alicyclic amines) is 1.